The summed E-state index contributed by atoms with van der Waals surface area (Å²) in [6.45, 7) is 4.89. The highest BCUT2D eigenvalue weighted by Crippen LogP contribution is 2.30. The smallest absolute Gasteiger partial charge is 0.331 e. The Morgan fingerprint density at radius 1 is 1.16 bits per heavy atom. The fraction of sp³-hybridized carbons (Fsp3) is 0.280. The standard InChI is InChI=1S/C23H23ClN6O4S2.C2H6/c1-25-18-10-15(26-11-14-2-3-14)4-6-17(18)22(32)30(13-31)20-8-5-16(12-27-20)28-23(33)29-36(34)21-9-7-19(24)35-21;1-2/h4-10,12-14,25-26H,2-3,11H2,1H3,(H2,28,29,33);1-2H3. The number of thiophene rings is 1. The van der Waals surface area contributed by atoms with Crippen molar-refractivity contribution in [2.24, 2.45) is 5.92 Å². The van der Waals surface area contributed by atoms with Crippen LogP contribution < -0.4 is 25.6 Å². The molecule has 38 heavy (non-hydrogen) atoms. The molecule has 0 saturated heterocycles. The minimum Gasteiger partial charge on any atom is -0.387 e. The van der Waals surface area contributed by atoms with Crippen molar-refractivity contribution in [2.45, 2.75) is 30.9 Å². The fourth-order valence-corrected chi connectivity index (χ4v) is 5.38. The number of halogens is 1. The van der Waals surface area contributed by atoms with E-state index in [0.29, 0.717) is 32.1 Å². The number of carbonyl (C=O) groups is 3. The summed E-state index contributed by atoms with van der Waals surface area (Å²) in [6.07, 6.45) is 4.13. The zero-order valence-corrected chi connectivity index (χ0v) is 23.5. The molecule has 0 aliphatic heterocycles. The molecule has 0 bridgehead atoms. The van der Waals surface area contributed by atoms with Gasteiger partial charge < -0.3 is 16.0 Å². The number of nitrogens with one attached hydrogen (secondary N) is 4. The van der Waals surface area contributed by atoms with E-state index in [1.165, 1.54) is 31.2 Å². The van der Waals surface area contributed by atoms with Crippen LogP contribution in [-0.2, 0) is 15.8 Å². The molecule has 2 aromatic heterocycles. The predicted molar refractivity (Wildman–Crippen MR) is 154 cm³/mol. The molecule has 1 aromatic carbocycles. The normalized spacial score (nSPS) is 12.8. The molecule has 0 spiro atoms. The maximum absolute atomic E-state index is 13.1. The van der Waals surface area contributed by atoms with Gasteiger partial charge in [-0.2, -0.15) is 0 Å². The van der Waals surface area contributed by atoms with Crippen LogP contribution in [0.5, 0.6) is 0 Å². The molecule has 1 fully saturated rings. The van der Waals surface area contributed by atoms with Gasteiger partial charge in [-0.05, 0) is 61.2 Å². The van der Waals surface area contributed by atoms with Crippen molar-refractivity contribution in [3.63, 3.8) is 0 Å². The van der Waals surface area contributed by atoms with Crippen molar-refractivity contribution in [1.82, 2.24) is 9.71 Å². The Kier molecular flexibility index (Phi) is 10.6. The number of nitrogens with zero attached hydrogens (tertiary/aromatic N) is 2. The first-order chi connectivity index (χ1) is 18.4. The molecule has 13 heteroatoms. The lowest BCUT2D eigenvalue weighted by Crippen LogP contribution is -2.31. The van der Waals surface area contributed by atoms with Crippen LogP contribution >= 0.6 is 22.9 Å². The molecule has 0 radical (unpaired) electrons. The molecule has 3 aromatic rings. The molecule has 1 unspecified atom stereocenters. The monoisotopic (exact) mass is 576 g/mol. The van der Waals surface area contributed by atoms with Gasteiger partial charge in [-0.25, -0.2) is 18.9 Å². The number of hydrogen-bond donors (Lipinski definition) is 4. The van der Waals surface area contributed by atoms with E-state index in [1.807, 2.05) is 19.9 Å². The van der Waals surface area contributed by atoms with Crippen LogP contribution in [0.15, 0.2) is 52.9 Å². The number of amides is 4. The quantitative estimate of drug-likeness (QED) is 0.240. The van der Waals surface area contributed by atoms with Crippen LogP contribution in [0.4, 0.5) is 27.7 Å². The van der Waals surface area contributed by atoms with Gasteiger partial charge >= 0.3 is 6.03 Å². The third kappa shape index (κ3) is 7.76. The summed E-state index contributed by atoms with van der Waals surface area (Å²) in [5.41, 5.74) is 2.04. The van der Waals surface area contributed by atoms with Crippen molar-refractivity contribution in [1.29, 1.82) is 0 Å². The molecule has 202 valence electrons. The van der Waals surface area contributed by atoms with E-state index in [1.54, 1.807) is 31.3 Å². The van der Waals surface area contributed by atoms with Crippen molar-refractivity contribution in [3.05, 3.63) is 58.6 Å². The van der Waals surface area contributed by atoms with E-state index >= 15 is 0 Å². The SMILES string of the molecule is CC.CNc1cc(NCC2CC2)ccc1C(=O)N(C=O)c1ccc(NC(=O)NS(=O)c2ccc(Cl)s2)cn1. The van der Waals surface area contributed by atoms with Gasteiger partial charge in [0.1, 0.15) is 10.0 Å². The molecule has 4 rings (SSSR count). The van der Waals surface area contributed by atoms with Gasteiger partial charge in [-0.3, -0.25) is 14.3 Å². The predicted octanol–water partition coefficient (Wildman–Crippen LogP) is 5.33. The van der Waals surface area contributed by atoms with Gasteiger partial charge in [-0.15, -0.1) is 11.3 Å². The number of pyridine rings is 1. The molecule has 1 atom stereocenters. The summed E-state index contributed by atoms with van der Waals surface area (Å²) in [7, 11) is -0.0706. The van der Waals surface area contributed by atoms with E-state index in [2.05, 4.69) is 25.7 Å². The molecule has 2 heterocycles. The minimum absolute atomic E-state index is 0.0794. The van der Waals surface area contributed by atoms with Crippen molar-refractivity contribution in [3.8, 4) is 0 Å². The summed E-state index contributed by atoms with van der Waals surface area (Å²) in [6, 6.07) is 10.6. The van der Waals surface area contributed by atoms with Crippen molar-refractivity contribution < 1.29 is 18.6 Å². The first kappa shape index (κ1) is 29.1. The Labute approximate surface area is 232 Å². The maximum atomic E-state index is 13.1. The number of benzene rings is 1. The Morgan fingerprint density at radius 3 is 2.47 bits per heavy atom. The second-order valence-electron chi connectivity index (χ2n) is 7.90. The third-order valence-corrected chi connectivity index (χ3v) is 7.91. The summed E-state index contributed by atoms with van der Waals surface area (Å²) in [5.74, 6) is 0.224. The lowest BCUT2D eigenvalue weighted by atomic mass is 10.1. The lowest BCUT2D eigenvalue weighted by Gasteiger charge is -2.18. The average molecular weight is 577 g/mol. The maximum Gasteiger partial charge on any atom is 0.331 e. The first-order valence-corrected chi connectivity index (χ1v) is 14.3. The highest BCUT2D eigenvalue weighted by atomic mass is 35.5. The van der Waals surface area contributed by atoms with Gasteiger partial charge in [0.15, 0.2) is 11.0 Å². The largest absolute Gasteiger partial charge is 0.387 e. The zero-order valence-electron chi connectivity index (χ0n) is 21.1. The number of imide groups is 1. The van der Waals surface area contributed by atoms with E-state index < -0.39 is 22.9 Å². The Morgan fingerprint density at radius 2 is 1.89 bits per heavy atom. The first-order valence-electron chi connectivity index (χ1n) is 11.9. The summed E-state index contributed by atoms with van der Waals surface area (Å²) in [4.78, 5) is 42.1. The van der Waals surface area contributed by atoms with Crippen LogP contribution in [-0.4, -0.2) is 41.1 Å². The molecular weight excluding hydrogens is 548 g/mol. The second-order valence-corrected chi connectivity index (χ2v) is 11.1. The van der Waals surface area contributed by atoms with Crippen molar-refractivity contribution >= 4 is 75.2 Å². The molecular formula is C25H29ClN6O4S2. The zero-order chi connectivity index (χ0) is 27.7. The third-order valence-electron chi connectivity index (χ3n) is 5.30. The van der Waals surface area contributed by atoms with Crippen LogP contribution in [0.3, 0.4) is 0 Å². The number of rotatable bonds is 10. The number of anilines is 4. The topological polar surface area (TPSA) is 133 Å². The van der Waals surface area contributed by atoms with E-state index in [9.17, 15) is 18.6 Å². The minimum atomic E-state index is -1.77. The van der Waals surface area contributed by atoms with Gasteiger partial charge in [0, 0.05) is 25.0 Å². The van der Waals surface area contributed by atoms with Crippen molar-refractivity contribution in [2.75, 3.05) is 34.4 Å². The highest BCUT2D eigenvalue weighted by Gasteiger charge is 2.23. The Bertz CT molecular complexity index is 1300. The summed E-state index contributed by atoms with van der Waals surface area (Å²) in [5, 5.41) is 8.86. The van der Waals surface area contributed by atoms with Crippen LogP contribution in [0.2, 0.25) is 4.34 Å². The molecule has 1 aliphatic carbocycles. The van der Waals surface area contributed by atoms with Gasteiger partial charge in [0.05, 0.1) is 21.8 Å². The van der Waals surface area contributed by atoms with E-state index in [-0.39, 0.29) is 11.5 Å². The fourth-order valence-electron chi connectivity index (χ4n) is 3.26. The number of hydrogen-bond acceptors (Lipinski definition) is 8. The van der Waals surface area contributed by atoms with Crippen LogP contribution in [0.1, 0.15) is 37.0 Å². The van der Waals surface area contributed by atoms with Gasteiger partial charge in [0.25, 0.3) is 5.91 Å². The van der Waals surface area contributed by atoms with Gasteiger partial charge in [-0.1, -0.05) is 25.4 Å². The molecule has 10 nitrogen and oxygen atoms in total. The number of aromatic nitrogens is 1. The average Bonchev–Trinajstić information content (AvgIpc) is 3.66. The Balaban J connectivity index is 0.00000195. The molecule has 4 N–H and O–H groups in total. The van der Waals surface area contributed by atoms with Gasteiger partial charge in [0.2, 0.25) is 6.41 Å². The van der Waals surface area contributed by atoms with E-state index in [4.69, 9.17) is 11.6 Å². The molecule has 4 amide bonds. The highest BCUT2D eigenvalue weighted by molar-refractivity contribution is 7.86. The molecule has 1 aliphatic rings. The van der Waals surface area contributed by atoms with Crippen LogP contribution in [0, 0.1) is 5.92 Å². The van der Waals surface area contributed by atoms with E-state index in [0.717, 1.165) is 28.5 Å². The Hall–Kier alpha value is -3.48. The lowest BCUT2D eigenvalue weighted by molar-refractivity contribution is -0.107. The number of urea groups is 1. The summed E-state index contributed by atoms with van der Waals surface area (Å²) >= 11 is 6.92. The number of carbonyl (C=O) groups excluding carboxylic acids is 3. The second kappa shape index (κ2) is 13.9. The van der Waals surface area contributed by atoms with Crippen LogP contribution in [0.25, 0.3) is 0 Å². The molecule has 1 saturated carbocycles. The summed E-state index contributed by atoms with van der Waals surface area (Å²) < 4.78 is 15.3.